The summed E-state index contributed by atoms with van der Waals surface area (Å²) in [6.07, 6.45) is 0.613. The summed E-state index contributed by atoms with van der Waals surface area (Å²) in [5.74, 6) is -1.17. The van der Waals surface area contributed by atoms with Crippen molar-refractivity contribution in [2.45, 2.75) is 33.1 Å². The SMILES string of the molecule is CC[C@H](C(=O)O)c1cccc2c(C)ccc(C)c12. The standard InChI is InChI=1S/C16H18O2/c1-4-12(16(17)18)14-7-5-6-13-10(2)8-9-11(3)15(13)14/h5-9,12H,4H2,1-3H3,(H,17,18)/t12-/m0/s1. The van der Waals surface area contributed by atoms with Crippen molar-refractivity contribution in [1.29, 1.82) is 0 Å². The van der Waals surface area contributed by atoms with E-state index in [1.807, 2.05) is 26.0 Å². The number of benzene rings is 2. The third-order valence-corrected chi connectivity index (χ3v) is 3.58. The average Bonchev–Trinajstić information content (AvgIpc) is 2.34. The molecule has 0 aliphatic rings. The fraction of sp³-hybridized carbons (Fsp3) is 0.312. The molecule has 2 heteroatoms. The average molecular weight is 242 g/mol. The lowest BCUT2D eigenvalue weighted by atomic mass is 9.88. The topological polar surface area (TPSA) is 37.3 Å². The number of hydrogen-bond acceptors (Lipinski definition) is 1. The molecular weight excluding hydrogens is 224 g/mol. The second kappa shape index (κ2) is 4.81. The summed E-state index contributed by atoms with van der Waals surface area (Å²) in [7, 11) is 0. The smallest absolute Gasteiger partial charge is 0.310 e. The molecule has 0 heterocycles. The quantitative estimate of drug-likeness (QED) is 0.882. The summed E-state index contributed by atoms with van der Waals surface area (Å²) < 4.78 is 0. The van der Waals surface area contributed by atoms with Crippen LogP contribution in [0.25, 0.3) is 10.8 Å². The lowest BCUT2D eigenvalue weighted by Crippen LogP contribution is -2.11. The van der Waals surface area contributed by atoms with Crippen molar-refractivity contribution in [2.24, 2.45) is 0 Å². The van der Waals surface area contributed by atoms with E-state index in [1.165, 1.54) is 5.56 Å². The third kappa shape index (κ3) is 1.99. The predicted octanol–water partition coefficient (Wildman–Crippen LogP) is 4.03. The third-order valence-electron chi connectivity index (χ3n) is 3.58. The van der Waals surface area contributed by atoms with Crippen LogP contribution in [-0.4, -0.2) is 11.1 Å². The molecule has 0 fully saturated rings. The monoisotopic (exact) mass is 242 g/mol. The number of hydrogen-bond donors (Lipinski definition) is 1. The predicted molar refractivity (Wildman–Crippen MR) is 74.1 cm³/mol. The van der Waals surface area contributed by atoms with Crippen molar-refractivity contribution in [1.82, 2.24) is 0 Å². The van der Waals surface area contributed by atoms with Crippen LogP contribution in [0.3, 0.4) is 0 Å². The first-order chi connectivity index (χ1) is 8.56. The highest BCUT2D eigenvalue weighted by atomic mass is 16.4. The zero-order chi connectivity index (χ0) is 13.3. The van der Waals surface area contributed by atoms with Crippen molar-refractivity contribution in [2.75, 3.05) is 0 Å². The Morgan fingerprint density at radius 2 is 1.83 bits per heavy atom. The Balaban J connectivity index is 2.79. The van der Waals surface area contributed by atoms with Crippen LogP contribution < -0.4 is 0 Å². The molecule has 0 radical (unpaired) electrons. The van der Waals surface area contributed by atoms with Crippen LogP contribution in [0.15, 0.2) is 30.3 Å². The second-order valence-corrected chi connectivity index (χ2v) is 4.77. The van der Waals surface area contributed by atoms with Gasteiger partial charge in [0.15, 0.2) is 0 Å². The minimum absolute atomic E-state index is 0.422. The van der Waals surface area contributed by atoms with E-state index in [0.717, 1.165) is 21.9 Å². The van der Waals surface area contributed by atoms with Crippen molar-refractivity contribution in [3.63, 3.8) is 0 Å². The van der Waals surface area contributed by atoms with E-state index in [2.05, 4.69) is 25.1 Å². The first-order valence-corrected chi connectivity index (χ1v) is 6.28. The molecule has 0 aliphatic heterocycles. The maximum Gasteiger partial charge on any atom is 0.310 e. The Morgan fingerprint density at radius 1 is 1.17 bits per heavy atom. The number of carboxylic acids is 1. The molecule has 0 unspecified atom stereocenters. The van der Waals surface area contributed by atoms with E-state index in [4.69, 9.17) is 0 Å². The van der Waals surface area contributed by atoms with Crippen LogP contribution >= 0.6 is 0 Å². The Labute approximate surface area is 107 Å². The van der Waals surface area contributed by atoms with Gasteiger partial charge >= 0.3 is 5.97 Å². The zero-order valence-electron chi connectivity index (χ0n) is 11.0. The van der Waals surface area contributed by atoms with Gasteiger partial charge in [-0.1, -0.05) is 37.3 Å². The van der Waals surface area contributed by atoms with Crippen LogP contribution in [-0.2, 0) is 4.79 Å². The van der Waals surface area contributed by atoms with Gasteiger partial charge in [-0.05, 0) is 47.7 Å². The van der Waals surface area contributed by atoms with Crippen LogP contribution in [0.5, 0.6) is 0 Å². The summed E-state index contributed by atoms with van der Waals surface area (Å²) in [4.78, 5) is 11.4. The summed E-state index contributed by atoms with van der Waals surface area (Å²) in [6.45, 7) is 6.02. The molecule has 18 heavy (non-hydrogen) atoms. The Hall–Kier alpha value is -1.83. The van der Waals surface area contributed by atoms with Gasteiger partial charge in [0, 0.05) is 0 Å². The minimum Gasteiger partial charge on any atom is -0.481 e. The highest BCUT2D eigenvalue weighted by molar-refractivity contribution is 5.94. The lowest BCUT2D eigenvalue weighted by molar-refractivity contribution is -0.138. The number of aliphatic carboxylic acids is 1. The summed E-state index contributed by atoms with van der Waals surface area (Å²) in [6, 6.07) is 10.1. The van der Waals surface area contributed by atoms with Gasteiger partial charge < -0.3 is 5.11 Å². The summed E-state index contributed by atoms with van der Waals surface area (Å²) >= 11 is 0. The van der Waals surface area contributed by atoms with Gasteiger partial charge in [-0.2, -0.15) is 0 Å². The van der Waals surface area contributed by atoms with Crippen molar-refractivity contribution < 1.29 is 9.90 Å². The molecule has 2 aromatic carbocycles. The van der Waals surface area contributed by atoms with Crippen LogP contribution in [0.1, 0.15) is 36.0 Å². The maximum atomic E-state index is 11.4. The van der Waals surface area contributed by atoms with E-state index < -0.39 is 11.9 Å². The first kappa shape index (κ1) is 12.6. The molecule has 0 saturated carbocycles. The molecule has 2 nitrogen and oxygen atoms in total. The molecule has 2 rings (SSSR count). The largest absolute Gasteiger partial charge is 0.481 e. The fourth-order valence-electron chi connectivity index (χ4n) is 2.58. The number of aryl methyl sites for hydroxylation is 2. The lowest BCUT2D eigenvalue weighted by Gasteiger charge is -2.16. The highest BCUT2D eigenvalue weighted by Crippen LogP contribution is 2.32. The van der Waals surface area contributed by atoms with E-state index in [1.54, 1.807) is 0 Å². The van der Waals surface area contributed by atoms with Gasteiger partial charge in [-0.15, -0.1) is 0 Å². The number of rotatable bonds is 3. The van der Waals surface area contributed by atoms with Crippen molar-refractivity contribution in [3.8, 4) is 0 Å². The van der Waals surface area contributed by atoms with Crippen LogP contribution in [0.4, 0.5) is 0 Å². The van der Waals surface area contributed by atoms with E-state index in [-0.39, 0.29) is 0 Å². The van der Waals surface area contributed by atoms with Crippen molar-refractivity contribution >= 4 is 16.7 Å². The molecule has 1 N–H and O–H groups in total. The fourth-order valence-corrected chi connectivity index (χ4v) is 2.58. The Kier molecular flexibility index (Phi) is 3.37. The molecule has 1 atom stereocenters. The first-order valence-electron chi connectivity index (χ1n) is 6.28. The molecule has 0 aromatic heterocycles. The van der Waals surface area contributed by atoms with E-state index >= 15 is 0 Å². The van der Waals surface area contributed by atoms with Crippen molar-refractivity contribution in [3.05, 3.63) is 47.0 Å². The van der Waals surface area contributed by atoms with Gasteiger partial charge in [0.25, 0.3) is 0 Å². The molecular formula is C16H18O2. The molecule has 0 aliphatic carbocycles. The summed E-state index contributed by atoms with van der Waals surface area (Å²) in [5, 5.41) is 11.6. The normalized spacial score (nSPS) is 12.6. The van der Waals surface area contributed by atoms with E-state index in [9.17, 15) is 9.90 Å². The number of fused-ring (bicyclic) bond motifs is 1. The Bertz CT molecular complexity index is 599. The molecule has 0 bridgehead atoms. The van der Waals surface area contributed by atoms with Gasteiger partial charge in [-0.3, -0.25) is 4.79 Å². The molecule has 0 amide bonds. The van der Waals surface area contributed by atoms with E-state index in [0.29, 0.717) is 6.42 Å². The summed E-state index contributed by atoms with van der Waals surface area (Å²) in [5.41, 5.74) is 3.27. The van der Waals surface area contributed by atoms with Gasteiger partial charge in [0.2, 0.25) is 0 Å². The highest BCUT2D eigenvalue weighted by Gasteiger charge is 2.20. The molecule has 0 spiro atoms. The van der Waals surface area contributed by atoms with Crippen LogP contribution in [0.2, 0.25) is 0 Å². The van der Waals surface area contributed by atoms with Gasteiger partial charge in [0.05, 0.1) is 5.92 Å². The zero-order valence-corrected chi connectivity index (χ0v) is 11.0. The molecule has 94 valence electrons. The van der Waals surface area contributed by atoms with Gasteiger partial charge in [-0.25, -0.2) is 0 Å². The minimum atomic E-state index is -0.745. The van der Waals surface area contributed by atoms with Crippen LogP contribution in [0, 0.1) is 13.8 Å². The maximum absolute atomic E-state index is 11.4. The number of carboxylic acid groups (broad SMARTS) is 1. The Morgan fingerprint density at radius 3 is 2.44 bits per heavy atom. The second-order valence-electron chi connectivity index (χ2n) is 4.77. The number of carbonyl (C=O) groups is 1. The van der Waals surface area contributed by atoms with Gasteiger partial charge in [0.1, 0.15) is 0 Å². The molecule has 0 saturated heterocycles. The molecule has 2 aromatic rings.